The van der Waals surface area contributed by atoms with Gasteiger partial charge in [-0.05, 0) is 0 Å². The molecule has 0 radical (unpaired) electrons. The minimum atomic E-state index is -2.16. The summed E-state index contributed by atoms with van der Waals surface area (Å²) >= 11 is -2.12. The molecule has 0 saturated carbocycles. The summed E-state index contributed by atoms with van der Waals surface area (Å²) in [4.78, 5) is 0. The number of aromatic nitrogens is 1. The van der Waals surface area contributed by atoms with Gasteiger partial charge in [-0.15, -0.1) is 0 Å². The van der Waals surface area contributed by atoms with Crippen molar-refractivity contribution in [1.29, 1.82) is 0 Å². The Morgan fingerprint density at radius 1 is 0.929 bits per heavy atom. The Morgan fingerprint density at radius 3 is 2.18 bits per heavy atom. The molecular formula is C26H34GeN+. The average molecular weight is 436 g/mol. The van der Waals surface area contributed by atoms with Crippen molar-refractivity contribution >= 4 is 17.7 Å². The van der Waals surface area contributed by atoms with E-state index in [1.807, 2.05) is 43.3 Å². The van der Waals surface area contributed by atoms with E-state index in [2.05, 4.69) is 61.1 Å². The van der Waals surface area contributed by atoms with Crippen molar-refractivity contribution in [3.8, 4) is 22.4 Å². The summed E-state index contributed by atoms with van der Waals surface area (Å²) in [7, 11) is 2.10. The Bertz CT molecular complexity index is 1090. The van der Waals surface area contributed by atoms with Crippen LogP contribution in [0.3, 0.4) is 0 Å². The monoisotopic (exact) mass is 437 g/mol. The van der Waals surface area contributed by atoms with Crippen LogP contribution < -0.4 is 8.96 Å². The van der Waals surface area contributed by atoms with E-state index >= 15 is 0 Å². The molecule has 3 rings (SSSR count). The Kier molecular flexibility index (Phi) is 4.79. The second kappa shape index (κ2) is 7.87. The van der Waals surface area contributed by atoms with E-state index < -0.39 is 20.1 Å². The van der Waals surface area contributed by atoms with E-state index in [4.69, 9.17) is 4.11 Å². The number of hydrogen-bond acceptors (Lipinski definition) is 0. The molecule has 0 aliphatic heterocycles. The molecule has 3 aromatic rings. The number of hydrogen-bond donors (Lipinski definition) is 0. The zero-order valence-corrected chi connectivity index (χ0v) is 20.3. The van der Waals surface area contributed by atoms with Gasteiger partial charge >= 0.3 is 178 Å². The zero-order valence-electron chi connectivity index (χ0n) is 21.2. The fourth-order valence-corrected chi connectivity index (χ4v) is 7.64. The molecule has 146 valence electrons. The summed E-state index contributed by atoms with van der Waals surface area (Å²) in [5.41, 5.74) is 6.79. The van der Waals surface area contributed by atoms with Crippen LogP contribution in [0.2, 0.25) is 17.3 Å². The van der Waals surface area contributed by atoms with Crippen LogP contribution in [0.1, 0.15) is 40.6 Å². The van der Waals surface area contributed by atoms with E-state index in [0.29, 0.717) is 11.5 Å². The zero-order chi connectivity index (χ0) is 23.1. The van der Waals surface area contributed by atoms with Gasteiger partial charge in [-0.3, -0.25) is 0 Å². The quantitative estimate of drug-likeness (QED) is 0.342. The summed E-state index contributed by atoms with van der Waals surface area (Å²) in [5.74, 6) is 7.78. The van der Waals surface area contributed by atoms with E-state index in [-0.39, 0.29) is 0 Å². The molecule has 0 fully saturated rings. The van der Waals surface area contributed by atoms with Crippen LogP contribution in [0.4, 0.5) is 0 Å². The predicted octanol–water partition coefficient (Wildman–Crippen LogP) is 6.13. The van der Waals surface area contributed by atoms with Crippen molar-refractivity contribution in [2.24, 2.45) is 7.05 Å². The van der Waals surface area contributed by atoms with Gasteiger partial charge in [0, 0.05) is 0 Å². The molecule has 0 aliphatic rings. The Hall–Kier alpha value is -1.87. The molecule has 0 saturated heterocycles. The van der Waals surface area contributed by atoms with Gasteiger partial charge in [0.2, 0.25) is 0 Å². The van der Waals surface area contributed by atoms with Crippen molar-refractivity contribution < 1.29 is 8.68 Å². The van der Waals surface area contributed by atoms with Crippen molar-refractivity contribution in [3.63, 3.8) is 0 Å². The molecule has 0 atom stereocenters. The molecular weight excluding hydrogens is 399 g/mol. The first-order chi connectivity index (χ1) is 14.3. The van der Waals surface area contributed by atoms with E-state index in [9.17, 15) is 0 Å². The first-order valence-corrected chi connectivity index (χ1v) is 17.4. The third-order valence-electron chi connectivity index (χ3n) is 5.46. The molecule has 28 heavy (non-hydrogen) atoms. The van der Waals surface area contributed by atoms with Crippen LogP contribution in [-0.4, -0.2) is 13.3 Å². The van der Waals surface area contributed by atoms with Gasteiger partial charge in [-0.1, -0.05) is 0 Å². The summed E-state index contributed by atoms with van der Waals surface area (Å²) in [6.45, 7) is 4.38. The SMILES string of the molecule is [2H]C([2H])([2H])c1cc(C)c(-c2c[c]([Ge]([CH3])([CH3])[CH3])c(C(C)C)c[n+]2C)cc1-c1ccccc1. The topological polar surface area (TPSA) is 3.88 Å². The Balaban J connectivity index is 2.34. The van der Waals surface area contributed by atoms with Crippen LogP contribution in [0.5, 0.6) is 0 Å². The van der Waals surface area contributed by atoms with Crippen LogP contribution >= 0.6 is 0 Å². The molecule has 2 heteroatoms. The average Bonchev–Trinajstić information content (AvgIpc) is 2.67. The van der Waals surface area contributed by atoms with E-state index in [1.165, 1.54) is 9.96 Å². The van der Waals surface area contributed by atoms with Crippen LogP contribution in [0, 0.1) is 13.8 Å². The minimum absolute atomic E-state index is 0.412. The Morgan fingerprint density at radius 2 is 1.61 bits per heavy atom. The molecule has 1 heterocycles. The molecule has 2 aromatic carbocycles. The standard InChI is InChI=1S/C26H34GeN/c1-18(2)24-17-28(8)26(16-25(24)27(5,6)7)23-15-22(19(3)14-20(23)4)21-12-10-9-11-13-21/h9-18H,1-8H3/q+1/i3D3. The molecule has 0 amide bonds. The molecule has 1 aromatic heterocycles. The molecule has 1 nitrogen and oxygen atoms in total. The first kappa shape index (κ1) is 17.0. The fourth-order valence-electron chi connectivity index (χ4n) is 3.89. The molecule has 0 N–H and O–H groups in total. The van der Waals surface area contributed by atoms with Crippen molar-refractivity contribution in [2.45, 2.75) is 50.8 Å². The molecule has 0 spiro atoms. The number of benzene rings is 2. The predicted molar refractivity (Wildman–Crippen MR) is 125 cm³/mol. The number of rotatable bonds is 4. The van der Waals surface area contributed by atoms with Gasteiger partial charge in [-0.2, -0.15) is 0 Å². The fraction of sp³-hybridized carbons (Fsp3) is 0.346. The van der Waals surface area contributed by atoms with Gasteiger partial charge < -0.3 is 0 Å². The van der Waals surface area contributed by atoms with Gasteiger partial charge in [0.15, 0.2) is 0 Å². The van der Waals surface area contributed by atoms with Crippen LogP contribution in [-0.2, 0) is 7.05 Å². The van der Waals surface area contributed by atoms with Gasteiger partial charge in [0.05, 0.1) is 0 Å². The third kappa shape index (κ3) is 4.10. The molecule has 0 aliphatic carbocycles. The summed E-state index contributed by atoms with van der Waals surface area (Å²) in [5, 5.41) is 0. The summed E-state index contributed by atoms with van der Waals surface area (Å²) < 4.78 is 28.0. The maximum atomic E-state index is 8.10. The third-order valence-corrected chi connectivity index (χ3v) is 9.76. The van der Waals surface area contributed by atoms with E-state index in [1.54, 1.807) is 0 Å². The number of nitrogens with zero attached hydrogens (tertiary/aromatic N) is 1. The van der Waals surface area contributed by atoms with Crippen molar-refractivity contribution in [3.05, 3.63) is 71.4 Å². The number of aryl methyl sites for hydroxylation is 3. The van der Waals surface area contributed by atoms with Crippen molar-refractivity contribution in [2.75, 3.05) is 0 Å². The normalized spacial score (nSPS) is 13.9. The summed E-state index contributed by atoms with van der Waals surface area (Å²) in [6.07, 6.45) is 2.28. The first-order valence-electron chi connectivity index (χ1n) is 11.6. The Labute approximate surface area is 178 Å². The second-order valence-corrected chi connectivity index (χ2v) is 19.7. The van der Waals surface area contributed by atoms with E-state index in [0.717, 1.165) is 27.9 Å². The maximum absolute atomic E-state index is 8.10. The molecule has 0 bridgehead atoms. The van der Waals surface area contributed by atoms with Crippen molar-refractivity contribution in [1.82, 2.24) is 0 Å². The molecule has 0 unspecified atom stereocenters. The van der Waals surface area contributed by atoms with Gasteiger partial charge in [0.25, 0.3) is 0 Å². The second-order valence-electron chi connectivity index (χ2n) is 9.12. The van der Waals surface area contributed by atoms with Crippen LogP contribution in [0.15, 0.2) is 54.7 Å². The summed E-state index contributed by atoms with van der Waals surface area (Å²) in [6, 6.07) is 16.2. The number of pyridine rings is 1. The van der Waals surface area contributed by atoms with Crippen LogP contribution in [0.25, 0.3) is 22.4 Å². The van der Waals surface area contributed by atoms with Gasteiger partial charge in [0.1, 0.15) is 0 Å². The van der Waals surface area contributed by atoms with Gasteiger partial charge in [-0.25, -0.2) is 0 Å².